The van der Waals surface area contributed by atoms with Crippen LogP contribution in [-0.2, 0) is 20.8 Å². The first kappa shape index (κ1) is 11.6. The van der Waals surface area contributed by atoms with Crippen LogP contribution >= 0.6 is 0 Å². The van der Waals surface area contributed by atoms with E-state index in [0.717, 1.165) is 0 Å². The van der Waals surface area contributed by atoms with E-state index in [9.17, 15) is 0 Å². The molecule has 1 saturated heterocycles. The van der Waals surface area contributed by atoms with Crippen molar-refractivity contribution in [3.63, 3.8) is 0 Å². The van der Waals surface area contributed by atoms with Crippen molar-refractivity contribution in [3.05, 3.63) is 35.9 Å². The zero-order valence-corrected chi connectivity index (χ0v) is 9.81. The minimum absolute atomic E-state index is 0.120. The van der Waals surface area contributed by atoms with Crippen LogP contribution in [0.5, 0.6) is 0 Å². The van der Waals surface area contributed by atoms with E-state index in [-0.39, 0.29) is 11.9 Å². The van der Waals surface area contributed by atoms with Crippen molar-refractivity contribution in [1.82, 2.24) is 0 Å². The molecule has 1 heterocycles. The molecule has 2 rings (SSSR count). The SMILES string of the molecule is CC1OCC(C)(COCc2ccccc2)O1. The Labute approximate surface area is 96.3 Å². The molecular weight excluding hydrogens is 204 g/mol. The maximum atomic E-state index is 5.65. The molecule has 1 aliphatic rings. The molecule has 0 aromatic heterocycles. The van der Waals surface area contributed by atoms with Crippen LogP contribution in [0.3, 0.4) is 0 Å². The van der Waals surface area contributed by atoms with Crippen LogP contribution in [0.4, 0.5) is 0 Å². The van der Waals surface area contributed by atoms with Crippen molar-refractivity contribution in [1.29, 1.82) is 0 Å². The average Bonchev–Trinajstić information content (AvgIpc) is 2.60. The first-order valence-electron chi connectivity index (χ1n) is 5.59. The Balaban J connectivity index is 1.76. The normalized spacial score (nSPS) is 29.5. The van der Waals surface area contributed by atoms with E-state index >= 15 is 0 Å². The molecule has 3 nitrogen and oxygen atoms in total. The predicted octanol–water partition coefficient (Wildman–Crippen LogP) is 2.35. The van der Waals surface area contributed by atoms with Gasteiger partial charge in [-0.3, -0.25) is 0 Å². The van der Waals surface area contributed by atoms with Crippen LogP contribution in [0.2, 0.25) is 0 Å². The Morgan fingerprint density at radius 3 is 2.75 bits per heavy atom. The van der Waals surface area contributed by atoms with Crippen molar-refractivity contribution in [2.24, 2.45) is 0 Å². The summed E-state index contributed by atoms with van der Waals surface area (Å²) in [5.41, 5.74) is 0.881. The first-order valence-corrected chi connectivity index (χ1v) is 5.59. The third-order valence-corrected chi connectivity index (χ3v) is 2.59. The summed E-state index contributed by atoms with van der Waals surface area (Å²) in [6.45, 7) is 5.70. The second-order valence-electron chi connectivity index (χ2n) is 4.42. The second kappa shape index (κ2) is 4.95. The van der Waals surface area contributed by atoms with E-state index in [1.165, 1.54) is 5.56 Å². The van der Waals surface area contributed by atoms with Gasteiger partial charge in [0.25, 0.3) is 0 Å². The molecule has 2 unspecified atom stereocenters. The monoisotopic (exact) mass is 222 g/mol. The van der Waals surface area contributed by atoms with E-state index in [1.54, 1.807) is 0 Å². The average molecular weight is 222 g/mol. The smallest absolute Gasteiger partial charge is 0.155 e. The Bertz CT molecular complexity index is 325. The Morgan fingerprint density at radius 2 is 2.12 bits per heavy atom. The van der Waals surface area contributed by atoms with Gasteiger partial charge in [-0.1, -0.05) is 30.3 Å². The molecule has 2 atom stereocenters. The highest BCUT2D eigenvalue weighted by atomic mass is 16.7. The first-order chi connectivity index (χ1) is 7.68. The van der Waals surface area contributed by atoms with Gasteiger partial charge < -0.3 is 14.2 Å². The molecule has 1 aromatic rings. The molecule has 1 aromatic carbocycles. The summed E-state index contributed by atoms with van der Waals surface area (Å²) in [5, 5.41) is 0. The molecule has 1 fully saturated rings. The van der Waals surface area contributed by atoms with E-state index in [1.807, 2.05) is 32.0 Å². The van der Waals surface area contributed by atoms with Crippen LogP contribution < -0.4 is 0 Å². The molecule has 16 heavy (non-hydrogen) atoms. The second-order valence-corrected chi connectivity index (χ2v) is 4.42. The highest BCUT2D eigenvalue weighted by molar-refractivity contribution is 5.13. The van der Waals surface area contributed by atoms with Gasteiger partial charge in [0.1, 0.15) is 5.60 Å². The zero-order valence-electron chi connectivity index (χ0n) is 9.81. The van der Waals surface area contributed by atoms with E-state index in [4.69, 9.17) is 14.2 Å². The molecule has 0 aliphatic carbocycles. The molecule has 0 spiro atoms. The molecule has 0 radical (unpaired) electrons. The summed E-state index contributed by atoms with van der Waals surface area (Å²) in [6.07, 6.45) is -0.120. The highest BCUT2D eigenvalue weighted by Gasteiger charge is 2.35. The summed E-state index contributed by atoms with van der Waals surface area (Å²) in [4.78, 5) is 0. The summed E-state index contributed by atoms with van der Waals surface area (Å²) >= 11 is 0. The number of hydrogen-bond acceptors (Lipinski definition) is 3. The number of rotatable bonds is 4. The largest absolute Gasteiger partial charge is 0.374 e. The predicted molar refractivity (Wildman–Crippen MR) is 61.0 cm³/mol. The summed E-state index contributed by atoms with van der Waals surface area (Å²) < 4.78 is 16.7. The molecule has 0 amide bonds. The van der Waals surface area contributed by atoms with Gasteiger partial charge >= 0.3 is 0 Å². The van der Waals surface area contributed by atoms with Crippen LogP contribution in [0.25, 0.3) is 0 Å². The fraction of sp³-hybridized carbons (Fsp3) is 0.538. The van der Waals surface area contributed by atoms with Gasteiger partial charge in [0, 0.05) is 0 Å². The van der Waals surface area contributed by atoms with Gasteiger partial charge in [-0.2, -0.15) is 0 Å². The minimum atomic E-state index is -0.297. The lowest BCUT2D eigenvalue weighted by Gasteiger charge is -2.21. The number of benzene rings is 1. The van der Waals surface area contributed by atoms with Gasteiger partial charge in [-0.05, 0) is 19.4 Å². The van der Waals surface area contributed by atoms with Crippen molar-refractivity contribution < 1.29 is 14.2 Å². The quantitative estimate of drug-likeness (QED) is 0.782. The van der Waals surface area contributed by atoms with Crippen LogP contribution in [0, 0.1) is 0 Å². The van der Waals surface area contributed by atoms with E-state index in [2.05, 4.69) is 12.1 Å². The van der Waals surface area contributed by atoms with Crippen molar-refractivity contribution in [3.8, 4) is 0 Å². The molecule has 88 valence electrons. The van der Waals surface area contributed by atoms with Crippen LogP contribution in [0.15, 0.2) is 30.3 Å². The standard InChI is InChI=1S/C13H18O3/c1-11-15-10-13(2,16-11)9-14-8-12-6-4-3-5-7-12/h3-7,11H,8-10H2,1-2H3. The lowest BCUT2D eigenvalue weighted by Crippen LogP contribution is -2.33. The van der Waals surface area contributed by atoms with Crippen LogP contribution in [-0.4, -0.2) is 25.1 Å². The number of hydrogen-bond donors (Lipinski definition) is 0. The van der Waals surface area contributed by atoms with Gasteiger partial charge in [-0.25, -0.2) is 0 Å². The molecule has 3 heteroatoms. The van der Waals surface area contributed by atoms with Crippen molar-refractivity contribution in [2.45, 2.75) is 32.3 Å². The molecule has 0 saturated carbocycles. The van der Waals surface area contributed by atoms with Crippen LogP contribution in [0.1, 0.15) is 19.4 Å². The highest BCUT2D eigenvalue weighted by Crippen LogP contribution is 2.23. The third kappa shape index (κ3) is 3.04. The van der Waals surface area contributed by atoms with Gasteiger partial charge in [-0.15, -0.1) is 0 Å². The number of ether oxygens (including phenoxy) is 3. The van der Waals surface area contributed by atoms with Crippen molar-refractivity contribution >= 4 is 0 Å². The Kier molecular flexibility index (Phi) is 3.59. The molecule has 0 N–H and O–H groups in total. The molecule has 0 bridgehead atoms. The molecular formula is C13H18O3. The summed E-state index contributed by atoms with van der Waals surface area (Å²) in [6, 6.07) is 10.1. The topological polar surface area (TPSA) is 27.7 Å². The third-order valence-electron chi connectivity index (χ3n) is 2.59. The lowest BCUT2D eigenvalue weighted by molar-refractivity contribution is -0.0989. The molecule has 1 aliphatic heterocycles. The maximum Gasteiger partial charge on any atom is 0.155 e. The van der Waals surface area contributed by atoms with E-state index in [0.29, 0.717) is 19.8 Å². The minimum Gasteiger partial charge on any atom is -0.374 e. The Hall–Kier alpha value is -0.900. The van der Waals surface area contributed by atoms with Gasteiger partial charge in [0.15, 0.2) is 6.29 Å². The zero-order chi connectivity index (χ0) is 11.4. The van der Waals surface area contributed by atoms with Gasteiger partial charge in [0.05, 0.1) is 19.8 Å². The fourth-order valence-corrected chi connectivity index (χ4v) is 1.80. The van der Waals surface area contributed by atoms with E-state index < -0.39 is 0 Å². The van der Waals surface area contributed by atoms with Crippen molar-refractivity contribution in [2.75, 3.05) is 13.2 Å². The van der Waals surface area contributed by atoms with Gasteiger partial charge in [0.2, 0.25) is 0 Å². The maximum absolute atomic E-state index is 5.65. The summed E-state index contributed by atoms with van der Waals surface area (Å²) in [5.74, 6) is 0. The summed E-state index contributed by atoms with van der Waals surface area (Å²) in [7, 11) is 0. The fourth-order valence-electron chi connectivity index (χ4n) is 1.80. The Morgan fingerprint density at radius 1 is 1.38 bits per heavy atom. The lowest BCUT2D eigenvalue weighted by atomic mass is 10.1.